The SMILES string of the molecule is CCc1ccc(S(=O)(=O)Nc2ncccn2)s1. The molecule has 0 radical (unpaired) electrons. The number of rotatable bonds is 4. The van der Waals surface area contributed by atoms with E-state index >= 15 is 0 Å². The number of hydrogen-bond acceptors (Lipinski definition) is 5. The maximum absolute atomic E-state index is 12.0. The van der Waals surface area contributed by atoms with E-state index in [1.165, 1.54) is 23.7 Å². The molecule has 0 fully saturated rings. The van der Waals surface area contributed by atoms with Crippen LogP contribution in [0.2, 0.25) is 0 Å². The number of thiophene rings is 1. The van der Waals surface area contributed by atoms with Crippen LogP contribution < -0.4 is 4.72 Å². The molecule has 0 amide bonds. The molecular formula is C10H11N3O2S2. The van der Waals surface area contributed by atoms with Gasteiger partial charge in [0, 0.05) is 17.3 Å². The van der Waals surface area contributed by atoms with Crippen molar-refractivity contribution < 1.29 is 8.42 Å². The van der Waals surface area contributed by atoms with Gasteiger partial charge in [0.15, 0.2) is 0 Å². The van der Waals surface area contributed by atoms with E-state index in [0.717, 1.165) is 11.3 Å². The lowest BCUT2D eigenvalue weighted by Gasteiger charge is -2.03. The van der Waals surface area contributed by atoms with Crippen LogP contribution in [0.3, 0.4) is 0 Å². The molecule has 2 rings (SSSR count). The van der Waals surface area contributed by atoms with Crippen LogP contribution in [0.1, 0.15) is 11.8 Å². The largest absolute Gasteiger partial charge is 0.273 e. The highest BCUT2D eigenvalue weighted by atomic mass is 32.2. The summed E-state index contributed by atoms with van der Waals surface area (Å²) in [6.07, 6.45) is 3.79. The maximum Gasteiger partial charge on any atom is 0.273 e. The van der Waals surface area contributed by atoms with Crippen molar-refractivity contribution in [2.24, 2.45) is 0 Å². The molecule has 0 atom stereocenters. The fourth-order valence-electron chi connectivity index (χ4n) is 1.21. The fraction of sp³-hybridized carbons (Fsp3) is 0.200. The molecule has 2 aromatic heterocycles. The average Bonchev–Trinajstić information content (AvgIpc) is 2.79. The van der Waals surface area contributed by atoms with Crippen molar-refractivity contribution in [2.75, 3.05) is 4.72 Å². The monoisotopic (exact) mass is 269 g/mol. The molecule has 1 N–H and O–H groups in total. The maximum atomic E-state index is 12.0. The molecule has 0 unspecified atom stereocenters. The van der Waals surface area contributed by atoms with Gasteiger partial charge in [0.25, 0.3) is 10.0 Å². The van der Waals surface area contributed by atoms with E-state index in [0.29, 0.717) is 0 Å². The summed E-state index contributed by atoms with van der Waals surface area (Å²) in [6.45, 7) is 1.98. The van der Waals surface area contributed by atoms with E-state index in [2.05, 4.69) is 14.7 Å². The van der Waals surface area contributed by atoms with Crippen LogP contribution in [0, 0.1) is 0 Å². The van der Waals surface area contributed by atoms with E-state index in [1.54, 1.807) is 12.1 Å². The van der Waals surface area contributed by atoms with Crippen LogP contribution >= 0.6 is 11.3 Å². The van der Waals surface area contributed by atoms with Crippen LogP contribution in [0.25, 0.3) is 0 Å². The molecule has 90 valence electrons. The molecule has 5 nitrogen and oxygen atoms in total. The Balaban J connectivity index is 2.25. The van der Waals surface area contributed by atoms with Crippen molar-refractivity contribution >= 4 is 27.3 Å². The molecule has 7 heteroatoms. The first-order valence-electron chi connectivity index (χ1n) is 5.00. The van der Waals surface area contributed by atoms with Gasteiger partial charge in [-0.15, -0.1) is 11.3 Å². The zero-order valence-electron chi connectivity index (χ0n) is 9.12. The summed E-state index contributed by atoms with van der Waals surface area (Å²) >= 11 is 1.25. The Bertz CT molecular complexity index is 593. The zero-order valence-corrected chi connectivity index (χ0v) is 10.8. The minimum atomic E-state index is -3.56. The van der Waals surface area contributed by atoms with Crippen molar-refractivity contribution in [3.05, 3.63) is 35.5 Å². The van der Waals surface area contributed by atoms with Gasteiger partial charge in [0.2, 0.25) is 5.95 Å². The van der Waals surface area contributed by atoms with Crippen LogP contribution in [-0.2, 0) is 16.4 Å². The van der Waals surface area contributed by atoms with Gasteiger partial charge >= 0.3 is 0 Å². The average molecular weight is 269 g/mol. The number of aryl methyl sites for hydroxylation is 1. The smallest absolute Gasteiger partial charge is 0.247 e. The predicted octanol–water partition coefficient (Wildman–Crippen LogP) is 1.90. The Labute approximate surface area is 104 Å². The molecule has 2 aromatic rings. The van der Waals surface area contributed by atoms with Gasteiger partial charge in [-0.2, -0.15) is 0 Å². The Morgan fingerprint density at radius 3 is 2.59 bits per heavy atom. The molecular weight excluding hydrogens is 258 g/mol. The normalized spacial score (nSPS) is 11.4. The van der Waals surface area contributed by atoms with Crippen LogP contribution in [0.15, 0.2) is 34.8 Å². The second kappa shape index (κ2) is 4.80. The summed E-state index contributed by atoms with van der Waals surface area (Å²) in [5, 5.41) is 0. The first-order valence-corrected chi connectivity index (χ1v) is 7.30. The van der Waals surface area contributed by atoms with Crippen molar-refractivity contribution in [3.63, 3.8) is 0 Å². The molecule has 0 spiro atoms. The number of anilines is 1. The van der Waals surface area contributed by atoms with Gasteiger partial charge in [-0.05, 0) is 24.6 Å². The third kappa shape index (κ3) is 2.80. The topological polar surface area (TPSA) is 72.0 Å². The summed E-state index contributed by atoms with van der Waals surface area (Å²) in [7, 11) is -3.56. The zero-order chi connectivity index (χ0) is 12.3. The van der Waals surface area contributed by atoms with E-state index in [9.17, 15) is 8.42 Å². The van der Waals surface area contributed by atoms with Gasteiger partial charge in [-0.1, -0.05) is 6.92 Å². The number of hydrogen-bond donors (Lipinski definition) is 1. The number of nitrogens with zero attached hydrogens (tertiary/aromatic N) is 2. The second-order valence-electron chi connectivity index (χ2n) is 3.25. The number of nitrogens with one attached hydrogen (secondary N) is 1. The van der Waals surface area contributed by atoms with Crippen molar-refractivity contribution in [1.29, 1.82) is 0 Å². The molecule has 0 saturated heterocycles. The van der Waals surface area contributed by atoms with Crippen LogP contribution in [0.5, 0.6) is 0 Å². The highest BCUT2D eigenvalue weighted by Gasteiger charge is 2.17. The Morgan fingerprint density at radius 1 is 1.29 bits per heavy atom. The van der Waals surface area contributed by atoms with E-state index < -0.39 is 10.0 Å². The first-order chi connectivity index (χ1) is 8.12. The molecule has 0 aliphatic carbocycles. The number of sulfonamides is 1. The first kappa shape index (κ1) is 12.0. The molecule has 17 heavy (non-hydrogen) atoms. The van der Waals surface area contributed by atoms with Gasteiger partial charge < -0.3 is 0 Å². The molecule has 0 aliphatic heterocycles. The van der Waals surface area contributed by atoms with Gasteiger partial charge in [0.05, 0.1) is 0 Å². The van der Waals surface area contributed by atoms with Crippen molar-refractivity contribution in [1.82, 2.24) is 9.97 Å². The number of aromatic nitrogens is 2. The summed E-state index contributed by atoms with van der Waals surface area (Å²) in [4.78, 5) is 8.67. The Morgan fingerprint density at radius 2 is 2.00 bits per heavy atom. The molecule has 0 aromatic carbocycles. The van der Waals surface area contributed by atoms with E-state index in [4.69, 9.17) is 0 Å². The van der Waals surface area contributed by atoms with Crippen LogP contribution in [0.4, 0.5) is 5.95 Å². The van der Waals surface area contributed by atoms with E-state index in [-0.39, 0.29) is 10.2 Å². The Kier molecular flexibility index (Phi) is 3.39. The lowest BCUT2D eigenvalue weighted by molar-refractivity contribution is 0.602. The summed E-state index contributed by atoms with van der Waals surface area (Å²) in [6, 6.07) is 5.03. The second-order valence-corrected chi connectivity index (χ2v) is 6.33. The third-order valence-corrected chi connectivity index (χ3v) is 5.09. The van der Waals surface area contributed by atoms with Crippen molar-refractivity contribution in [3.8, 4) is 0 Å². The van der Waals surface area contributed by atoms with E-state index in [1.807, 2.05) is 13.0 Å². The molecule has 2 heterocycles. The highest BCUT2D eigenvalue weighted by molar-refractivity contribution is 7.94. The lowest BCUT2D eigenvalue weighted by atomic mass is 10.4. The molecule has 0 aliphatic rings. The quantitative estimate of drug-likeness (QED) is 0.920. The summed E-state index contributed by atoms with van der Waals surface area (Å²) < 4.78 is 26.5. The minimum Gasteiger partial charge on any atom is -0.247 e. The molecule has 0 bridgehead atoms. The molecule has 0 saturated carbocycles. The fourth-order valence-corrected chi connectivity index (χ4v) is 3.47. The standard InChI is InChI=1S/C10H11N3O2S2/c1-2-8-4-5-9(16-8)17(14,15)13-10-11-6-3-7-12-10/h3-7H,2H2,1H3,(H,11,12,13). The van der Waals surface area contributed by atoms with Gasteiger partial charge in [-0.3, -0.25) is 0 Å². The third-order valence-electron chi connectivity index (χ3n) is 2.04. The minimum absolute atomic E-state index is 0.0824. The van der Waals surface area contributed by atoms with Crippen molar-refractivity contribution in [2.45, 2.75) is 17.6 Å². The highest BCUT2D eigenvalue weighted by Crippen LogP contribution is 2.23. The lowest BCUT2D eigenvalue weighted by Crippen LogP contribution is -2.13. The Hall–Kier alpha value is -1.47. The van der Waals surface area contributed by atoms with Gasteiger partial charge in [0.1, 0.15) is 4.21 Å². The van der Waals surface area contributed by atoms with Gasteiger partial charge in [-0.25, -0.2) is 23.1 Å². The van der Waals surface area contributed by atoms with Crippen LogP contribution in [-0.4, -0.2) is 18.4 Å². The summed E-state index contributed by atoms with van der Waals surface area (Å²) in [5.41, 5.74) is 0. The predicted molar refractivity (Wildman–Crippen MR) is 66.5 cm³/mol. The summed E-state index contributed by atoms with van der Waals surface area (Å²) in [5.74, 6) is 0.0824.